The van der Waals surface area contributed by atoms with Crippen LogP contribution in [0.15, 0.2) is 30.5 Å². The van der Waals surface area contributed by atoms with E-state index in [-0.39, 0.29) is 0 Å². The van der Waals surface area contributed by atoms with Crippen molar-refractivity contribution in [3.05, 3.63) is 36.2 Å². The van der Waals surface area contributed by atoms with E-state index in [9.17, 15) is 5.26 Å². The monoisotopic (exact) mass is 305 g/mol. The van der Waals surface area contributed by atoms with Crippen LogP contribution in [0.2, 0.25) is 0 Å². The molecule has 0 unspecified atom stereocenters. The molecule has 4 rings (SSSR count). The molecule has 0 spiro atoms. The molecule has 112 valence electrons. The Bertz CT molecular complexity index is 1110. The molecule has 0 aliphatic heterocycles. The van der Waals surface area contributed by atoms with Crippen LogP contribution in [0.5, 0.6) is 11.5 Å². The zero-order valence-electron chi connectivity index (χ0n) is 12.4. The topological polar surface area (TPSA) is 85.3 Å². The molecule has 0 aliphatic carbocycles. The van der Waals surface area contributed by atoms with E-state index in [2.05, 4.69) is 21.3 Å². The Labute approximate surface area is 130 Å². The summed E-state index contributed by atoms with van der Waals surface area (Å²) in [4.78, 5) is 4.33. The van der Waals surface area contributed by atoms with E-state index in [0.717, 1.165) is 5.39 Å². The van der Waals surface area contributed by atoms with Gasteiger partial charge in [0.15, 0.2) is 17.1 Å². The van der Waals surface area contributed by atoms with E-state index < -0.39 is 0 Å². The Morgan fingerprint density at radius 1 is 1.13 bits per heavy atom. The molecule has 0 amide bonds. The number of aromatic nitrogens is 4. The molecule has 0 fully saturated rings. The van der Waals surface area contributed by atoms with Gasteiger partial charge in [-0.1, -0.05) is 0 Å². The van der Waals surface area contributed by atoms with Crippen LogP contribution < -0.4 is 9.47 Å². The first-order valence-electron chi connectivity index (χ1n) is 6.86. The fourth-order valence-corrected chi connectivity index (χ4v) is 2.76. The van der Waals surface area contributed by atoms with Crippen molar-refractivity contribution in [2.24, 2.45) is 0 Å². The second kappa shape index (κ2) is 4.81. The van der Waals surface area contributed by atoms with E-state index in [4.69, 9.17) is 9.47 Å². The summed E-state index contributed by atoms with van der Waals surface area (Å²) in [6.45, 7) is 0. The van der Waals surface area contributed by atoms with Crippen LogP contribution in [-0.4, -0.2) is 33.8 Å². The summed E-state index contributed by atoms with van der Waals surface area (Å²) in [6, 6.07) is 9.40. The lowest BCUT2D eigenvalue weighted by atomic mass is 10.2. The van der Waals surface area contributed by atoms with Crippen LogP contribution >= 0.6 is 0 Å². The zero-order valence-corrected chi connectivity index (χ0v) is 12.4. The number of hydrogen-bond donors (Lipinski definition) is 0. The number of methoxy groups -OCH3 is 2. The molecular weight excluding hydrogens is 294 g/mol. The molecule has 23 heavy (non-hydrogen) atoms. The number of nitriles is 1. The second-order valence-electron chi connectivity index (χ2n) is 4.91. The van der Waals surface area contributed by atoms with E-state index in [0.29, 0.717) is 39.4 Å². The fraction of sp³-hybridized carbons (Fsp3) is 0.125. The van der Waals surface area contributed by atoms with Gasteiger partial charge >= 0.3 is 0 Å². The average molecular weight is 305 g/mol. The standard InChI is InChI=1S/C16H11N5O2/c1-22-13-6-10-11(7-14(13)23-2)21-12(8-17)9-4-3-5-18-15(9)16(21)20-19-10/h3-7H,1-2H3. The number of fused-ring (bicyclic) bond motifs is 5. The van der Waals surface area contributed by atoms with E-state index >= 15 is 0 Å². The molecule has 4 aromatic rings. The lowest BCUT2D eigenvalue weighted by Gasteiger charge is -2.09. The normalized spacial score (nSPS) is 11.0. The Morgan fingerprint density at radius 3 is 2.65 bits per heavy atom. The maximum atomic E-state index is 9.61. The number of ether oxygens (including phenoxy) is 2. The quantitative estimate of drug-likeness (QED) is 0.565. The first-order chi connectivity index (χ1) is 11.3. The molecule has 0 saturated carbocycles. The van der Waals surface area contributed by atoms with Gasteiger partial charge in [0, 0.05) is 23.7 Å². The molecule has 3 aromatic heterocycles. The molecule has 1 aromatic carbocycles. The predicted molar refractivity (Wildman–Crippen MR) is 83.6 cm³/mol. The van der Waals surface area contributed by atoms with Crippen molar-refractivity contribution in [1.82, 2.24) is 19.6 Å². The molecule has 0 N–H and O–H groups in total. The lowest BCUT2D eigenvalue weighted by molar-refractivity contribution is 0.355. The third kappa shape index (κ3) is 1.72. The third-order valence-corrected chi connectivity index (χ3v) is 3.79. The molecule has 7 nitrogen and oxygen atoms in total. The molecular formula is C16H11N5O2. The molecule has 0 atom stereocenters. The SMILES string of the molecule is COc1cc2nnc3c4ncccc4c(C#N)n3c2cc1OC. The number of hydrogen-bond acceptors (Lipinski definition) is 6. The van der Waals surface area contributed by atoms with Crippen molar-refractivity contribution in [3.63, 3.8) is 0 Å². The van der Waals surface area contributed by atoms with Crippen LogP contribution in [-0.2, 0) is 0 Å². The maximum Gasteiger partial charge on any atom is 0.187 e. The van der Waals surface area contributed by atoms with Crippen molar-refractivity contribution in [1.29, 1.82) is 5.26 Å². The van der Waals surface area contributed by atoms with Gasteiger partial charge in [-0.15, -0.1) is 10.2 Å². The number of benzene rings is 1. The Balaban J connectivity index is 2.26. The largest absolute Gasteiger partial charge is 0.493 e. The molecule has 3 heterocycles. The zero-order chi connectivity index (χ0) is 16.0. The van der Waals surface area contributed by atoms with Gasteiger partial charge in [0.05, 0.1) is 19.7 Å². The van der Waals surface area contributed by atoms with Crippen LogP contribution in [0.4, 0.5) is 0 Å². The summed E-state index contributed by atoms with van der Waals surface area (Å²) >= 11 is 0. The molecule has 0 saturated heterocycles. The summed E-state index contributed by atoms with van der Waals surface area (Å²) in [5.74, 6) is 1.12. The molecule has 0 bridgehead atoms. The van der Waals surface area contributed by atoms with Crippen molar-refractivity contribution in [3.8, 4) is 17.6 Å². The average Bonchev–Trinajstić information content (AvgIpc) is 2.94. The third-order valence-electron chi connectivity index (χ3n) is 3.79. The van der Waals surface area contributed by atoms with Gasteiger partial charge in [0.1, 0.15) is 22.8 Å². The van der Waals surface area contributed by atoms with Crippen LogP contribution in [0.25, 0.3) is 27.6 Å². The molecule has 0 radical (unpaired) electrons. The van der Waals surface area contributed by atoms with E-state index in [1.165, 1.54) is 0 Å². The minimum Gasteiger partial charge on any atom is -0.493 e. The highest BCUT2D eigenvalue weighted by molar-refractivity contribution is 5.99. The minimum atomic E-state index is 0.468. The Hall–Kier alpha value is -3.40. The summed E-state index contributed by atoms with van der Waals surface area (Å²) in [7, 11) is 3.12. The van der Waals surface area contributed by atoms with Gasteiger partial charge in [-0.25, -0.2) is 0 Å². The minimum absolute atomic E-state index is 0.468. The first kappa shape index (κ1) is 13.3. The predicted octanol–water partition coefficient (Wildman–Crippen LogP) is 2.32. The van der Waals surface area contributed by atoms with Crippen molar-refractivity contribution >= 4 is 27.6 Å². The summed E-state index contributed by atoms with van der Waals surface area (Å²) in [6.07, 6.45) is 1.67. The number of pyridine rings is 1. The van der Waals surface area contributed by atoms with Gasteiger partial charge in [-0.05, 0) is 12.1 Å². The highest BCUT2D eigenvalue weighted by Gasteiger charge is 2.18. The first-order valence-corrected chi connectivity index (χ1v) is 6.86. The highest BCUT2D eigenvalue weighted by atomic mass is 16.5. The van der Waals surface area contributed by atoms with Crippen LogP contribution in [0.3, 0.4) is 0 Å². The Kier molecular flexibility index (Phi) is 2.78. The second-order valence-corrected chi connectivity index (χ2v) is 4.91. The van der Waals surface area contributed by atoms with E-state index in [1.54, 1.807) is 43.0 Å². The highest BCUT2D eigenvalue weighted by Crippen LogP contribution is 2.33. The van der Waals surface area contributed by atoms with Gasteiger partial charge in [0.2, 0.25) is 0 Å². The summed E-state index contributed by atoms with van der Waals surface area (Å²) in [5.41, 5.74) is 2.97. The fourth-order valence-electron chi connectivity index (χ4n) is 2.76. The lowest BCUT2D eigenvalue weighted by Crippen LogP contribution is -1.99. The Morgan fingerprint density at radius 2 is 1.91 bits per heavy atom. The molecule has 7 heteroatoms. The van der Waals surface area contributed by atoms with Gasteiger partial charge < -0.3 is 9.47 Å². The summed E-state index contributed by atoms with van der Waals surface area (Å²) in [5, 5.41) is 18.8. The smallest absolute Gasteiger partial charge is 0.187 e. The number of rotatable bonds is 2. The van der Waals surface area contributed by atoms with E-state index in [1.807, 2.05) is 6.07 Å². The number of nitrogens with zero attached hydrogens (tertiary/aromatic N) is 5. The van der Waals surface area contributed by atoms with Gasteiger partial charge in [-0.2, -0.15) is 5.26 Å². The molecule has 0 aliphatic rings. The van der Waals surface area contributed by atoms with Gasteiger partial charge in [0.25, 0.3) is 0 Å². The van der Waals surface area contributed by atoms with Crippen LogP contribution in [0, 0.1) is 11.3 Å². The van der Waals surface area contributed by atoms with Crippen LogP contribution in [0.1, 0.15) is 5.69 Å². The summed E-state index contributed by atoms with van der Waals surface area (Å²) < 4.78 is 12.4. The maximum absolute atomic E-state index is 9.61. The van der Waals surface area contributed by atoms with Crippen molar-refractivity contribution < 1.29 is 9.47 Å². The van der Waals surface area contributed by atoms with Crippen molar-refractivity contribution in [2.45, 2.75) is 0 Å². The van der Waals surface area contributed by atoms with Gasteiger partial charge in [-0.3, -0.25) is 9.38 Å². The van der Waals surface area contributed by atoms with Crippen molar-refractivity contribution in [2.75, 3.05) is 14.2 Å².